The van der Waals surface area contributed by atoms with Gasteiger partial charge in [0.1, 0.15) is 5.21 Å². The summed E-state index contributed by atoms with van der Waals surface area (Å²) in [7, 11) is -3.73. The fraction of sp³-hybridized carbons (Fsp3) is 0.200. The standard InChI is InChI=1S/C15H15ClN2O4S/c1-12-7-8-13(9-15(12)18(19)20)10-17(23(21,22)11-16)14-5-3-2-4-6-14/h2-9H,10-11H2,1H3. The van der Waals surface area contributed by atoms with Crippen LogP contribution in [0.5, 0.6) is 0 Å². The van der Waals surface area contributed by atoms with Crippen LogP contribution in [-0.4, -0.2) is 18.6 Å². The summed E-state index contributed by atoms with van der Waals surface area (Å²) < 4.78 is 25.6. The van der Waals surface area contributed by atoms with Crippen LogP contribution in [0.15, 0.2) is 48.5 Å². The largest absolute Gasteiger partial charge is 0.272 e. The van der Waals surface area contributed by atoms with Crippen molar-refractivity contribution in [2.45, 2.75) is 13.5 Å². The van der Waals surface area contributed by atoms with E-state index in [0.717, 1.165) is 4.31 Å². The van der Waals surface area contributed by atoms with Crippen LogP contribution in [0.25, 0.3) is 0 Å². The monoisotopic (exact) mass is 354 g/mol. The Morgan fingerprint density at radius 1 is 1.17 bits per heavy atom. The molecule has 0 unspecified atom stereocenters. The van der Waals surface area contributed by atoms with Crippen LogP contribution in [0.3, 0.4) is 0 Å². The van der Waals surface area contributed by atoms with Crippen molar-refractivity contribution in [2.24, 2.45) is 0 Å². The lowest BCUT2D eigenvalue weighted by Gasteiger charge is -2.23. The highest BCUT2D eigenvalue weighted by molar-refractivity contribution is 7.93. The Morgan fingerprint density at radius 3 is 2.39 bits per heavy atom. The number of hydrogen-bond acceptors (Lipinski definition) is 4. The van der Waals surface area contributed by atoms with Gasteiger partial charge in [-0.1, -0.05) is 30.3 Å². The minimum absolute atomic E-state index is 0.0276. The fourth-order valence-electron chi connectivity index (χ4n) is 2.12. The van der Waals surface area contributed by atoms with Gasteiger partial charge in [-0.2, -0.15) is 0 Å². The van der Waals surface area contributed by atoms with Gasteiger partial charge >= 0.3 is 0 Å². The van der Waals surface area contributed by atoms with E-state index in [1.807, 2.05) is 0 Å². The van der Waals surface area contributed by atoms with E-state index in [4.69, 9.17) is 11.6 Å². The third-order valence-electron chi connectivity index (χ3n) is 3.31. The molecule has 0 aliphatic rings. The molecule has 23 heavy (non-hydrogen) atoms. The Labute approximate surface area is 139 Å². The molecule has 0 atom stereocenters. The number of para-hydroxylation sites is 1. The second-order valence-electron chi connectivity index (χ2n) is 4.94. The molecule has 2 aromatic rings. The predicted octanol–water partition coefficient (Wildman–Crippen LogP) is 3.44. The lowest BCUT2D eigenvalue weighted by Crippen LogP contribution is -2.31. The van der Waals surface area contributed by atoms with Crippen LogP contribution in [0.2, 0.25) is 0 Å². The molecule has 0 amide bonds. The van der Waals surface area contributed by atoms with Crippen LogP contribution < -0.4 is 4.31 Å². The molecular weight excluding hydrogens is 340 g/mol. The number of nitro groups is 1. The lowest BCUT2D eigenvalue weighted by molar-refractivity contribution is -0.385. The number of sulfonamides is 1. The molecule has 0 spiro atoms. The van der Waals surface area contributed by atoms with E-state index < -0.39 is 20.2 Å². The average molecular weight is 355 g/mol. The van der Waals surface area contributed by atoms with Crippen LogP contribution >= 0.6 is 11.6 Å². The summed E-state index contributed by atoms with van der Waals surface area (Å²) in [6.45, 7) is 1.60. The number of nitrogens with zero attached hydrogens (tertiary/aromatic N) is 2. The molecule has 0 saturated heterocycles. The van der Waals surface area contributed by atoms with E-state index in [9.17, 15) is 18.5 Å². The average Bonchev–Trinajstić information content (AvgIpc) is 2.54. The molecule has 0 heterocycles. The maximum absolute atomic E-state index is 12.3. The van der Waals surface area contributed by atoms with Gasteiger partial charge in [0.05, 0.1) is 17.2 Å². The van der Waals surface area contributed by atoms with E-state index >= 15 is 0 Å². The van der Waals surface area contributed by atoms with E-state index in [0.29, 0.717) is 16.8 Å². The van der Waals surface area contributed by atoms with Crippen LogP contribution in [-0.2, 0) is 16.6 Å². The van der Waals surface area contributed by atoms with Crippen LogP contribution in [0, 0.1) is 17.0 Å². The molecule has 2 aromatic carbocycles. The maximum atomic E-state index is 12.3. The normalized spacial score (nSPS) is 11.2. The molecule has 8 heteroatoms. The Balaban J connectivity index is 2.44. The Morgan fingerprint density at radius 2 is 1.83 bits per heavy atom. The van der Waals surface area contributed by atoms with Crippen molar-refractivity contribution < 1.29 is 13.3 Å². The van der Waals surface area contributed by atoms with E-state index in [-0.39, 0.29) is 12.2 Å². The third-order valence-corrected chi connectivity index (χ3v) is 5.43. The highest BCUT2D eigenvalue weighted by Crippen LogP contribution is 2.25. The van der Waals surface area contributed by atoms with Gasteiger partial charge in [0, 0.05) is 11.6 Å². The Bertz CT molecular complexity index is 809. The SMILES string of the molecule is Cc1ccc(CN(c2ccccc2)S(=O)(=O)CCl)cc1[N+](=O)[O-]. The number of halogens is 1. The summed E-state index contributed by atoms with van der Waals surface area (Å²) in [4.78, 5) is 10.6. The van der Waals surface area contributed by atoms with Crippen molar-refractivity contribution >= 4 is 33.0 Å². The molecule has 0 aliphatic carbocycles. The molecule has 0 N–H and O–H groups in total. The number of anilines is 1. The molecular formula is C15H15ClN2O4S. The van der Waals surface area contributed by atoms with Gasteiger partial charge in [-0.05, 0) is 24.6 Å². The van der Waals surface area contributed by atoms with Crippen molar-refractivity contribution in [1.82, 2.24) is 0 Å². The highest BCUT2D eigenvalue weighted by atomic mass is 35.5. The first-order valence-electron chi connectivity index (χ1n) is 6.70. The Kier molecular flexibility index (Phi) is 5.23. The van der Waals surface area contributed by atoms with Crippen molar-refractivity contribution in [3.8, 4) is 0 Å². The summed E-state index contributed by atoms with van der Waals surface area (Å²) >= 11 is 5.57. The number of rotatable bonds is 6. The predicted molar refractivity (Wildman–Crippen MR) is 90.1 cm³/mol. The van der Waals surface area contributed by atoms with Gasteiger partial charge in [0.15, 0.2) is 0 Å². The topological polar surface area (TPSA) is 80.5 Å². The zero-order valence-corrected chi connectivity index (χ0v) is 13.9. The molecule has 2 rings (SSSR count). The summed E-state index contributed by atoms with van der Waals surface area (Å²) in [5.41, 5.74) is 1.44. The quantitative estimate of drug-likeness (QED) is 0.452. The zero-order chi connectivity index (χ0) is 17.0. The molecule has 122 valence electrons. The first kappa shape index (κ1) is 17.2. The molecule has 0 aliphatic heterocycles. The fourth-order valence-corrected chi connectivity index (χ4v) is 3.38. The van der Waals surface area contributed by atoms with Crippen molar-refractivity contribution in [1.29, 1.82) is 0 Å². The number of aryl methyl sites for hydroxylation is 1. The second-order valence-corrected chi connectivity index (χ2v) is 7.42. The van der Waals surface area contributed by atoms with Crippen molar-refractivity contribution in [3.63, 3.8) is 0 Å². The summed E-state index contributed by atoms with van der Waals surface area (Å²) in [5.74, 6) is 0. The number of hydrogen-bond donors (Lipinski definition) is 0. The zero-order valence-electron chi connectivity index (χ0n) is 12.3. The van der Waals surface area contributed by atoms with E-state index in [1.54, 1.807) is 49.4 Å². The first-order chi connectivity index (χ1) is 10.8. The summed E-state index contributed by atoms with van der Waals surface area (Å²) in [6.07, 6.45) is 0. The van der Waals surface area contributed by atoms with Crippen LogP contribution in [0.4, 0.5) is 11.4 Å². The van der Waals surface area contributed by atoms with Gasteiger partial charge in [-0.3, -0.25) is 14.4 Å². The minimum Gasteiger partial charge on any atom is -0.265 e. The summed E-state index contributed by atoms with van der Waals surface area (Å²) in [6, 6.07) is 13.1. The minimum atomic E-state index is -3.73. The van der Waals surface area contributed by atoms with Crippen molar-refractivity contribution in [3.05, 3.63) is 69.8 Å². The second kappa shape index (κ2) is 6.97. The first-order valence-corrected chi connectivity index (χ1v) is 8.85. The van der Waals surface area contributed by atoms with Gasteiger partial charge in [0.2, 0.25) is 10.0 Å². The molecule has 0 bridgehead atoms. The third kappa shape index (κ3) is 4.00. The lowest BCUT2D eigenvalue weighted by atomic mass is 10.1. The molecule has 6 nitrogen and oxygen atoms in total. The van der Waals surface area contributed by atoms with Gasteiger partial charge in [0.25, 0.3) is 5.69 Å². The van der Waals surface area contributed by atoms with E-state index in [1.165, 1.54) is 6.07 Å². The molecule has 0 radical (unpaired) electrons. The smallest absolute Gasteiger partial charge is 0.265 e. The van der Waals surface area contributed by atoms with Gasteiger partial charge in [-0.25, -0.2) is 8.42 Å². The number of nitro benzene ring substituents is 1. The molecule has 0 saturated carbocycles. The van der Waals surface area contributed by atoms with E-state index in [2.05, 4.69) is 0 Å². The maximum Gasteiger partial charge on any atom is 0.272 e. The number of alkyl halides is 1. The summed E-state index contributed by atoms with van der Waals surface area (Å²) in [5, 5.41) is 10.5. The van der Waals surface area contributed by atoms with Gasteiger partial charge < -0.3 is 0 Å². The molecule has 0 aromatic heterocycles. The molecule has 0 fully saturated rings. The van der Waals surface area contributed by atoms with Crippen LogP contribution in [0.1, 0.15) is 11.1 Å². The highest BCUT2D eigenvalue weighted by Gasteiger charge is 2.22. The Hall–Kier alpha value is -2.12. The van der Waals surface area contributed by atoms with Gasteiger partial charge in [-0.15, -0.1) is 11.6 Å². The van der Waals surface area contributed by atoms with Crippen molar-refractivity contribution in [2.75, 3.05) is 9.52 Å². The number of benzene rings is 2.